The van der Waals surface area contributed by atoms with Crippen LogP contribution in [0.1, 0.15) is 89.7 Å². The third kappa shape index (κ3) is 10.6. The Hall–Kier alpha value is -8.20. The second kappa shape index (κ2) is 21.3. The normalized spacial score (nSPS) is 17.3. The Bertz CT molecular complexity index is 3210. The smallest absolute Gasteiger partial charge is 0.266 e. The number of piperidine rings is 1. The summed E-state index contributed by atoms with van der Waals surface area (Å²) in [5.74, 6) is -2.08. The molecule has 4 aliphatic rings. The highest BCUT2D eigenvalue weighted by molar-refractivity contribution is 6.24. The van der Waals surface area contributed by atoms with E-state index in [-0.39, 0.29) is 76.9 Å². The number of amides is 6. The molecular weight excluding hydrogens is 967 g/mol. The third-order valence-corrected chi connectivity index (χ3v) is 14.2. The van der Waals surface area contributed by atoms with Crippen molar-refractivity contribution >= 4 is 63.9 Å². The summed E-state index contributed by atoms with van der Waals surface area (Å²) in [6.07, 6.45) is 3.93. The highest BCUT2D eigenvalue weighted by Crippen LogP contribution is 2.35. The van der Waals surface area contributed by atoms with Gasteiger partial charge in [0.25, 0.3) is 11.8 Å². The van der Waals surface area contributed by atoms with Crippen molar-refractivity contribution in [1.82, 2.24) is 49.4 Å². The maximum atomic E-state index is 15.2. The van der Waals surface area contributed by atoms with Crippen LogP contribution < -0.4 is 20.3 Å². The lowest BCUT2D eigenvalue weighted by Gasteiger charge is -2.36. The van der Waals surface area contributed by atoms with Gasteiger partial charge in [-0.05, 0) is 81.1 Å². The van der Waals surface area contributed by atoms with Gasteiger partial charge < -0.3 is 29.3 Å². The Balaban J connectivity index is 0.628. The molecule has 0 saturated carbocycles. The number of anilines is 3. The maximum Gasteiger partial charge on any atom is 0.266 e. The lowest BCUT2D eigenvalue weighted by Crippen LogP contribution is -2.54. The van der Waals surface area contributed by atoms with Crippen molar-refractivity contribution in [2.45, 2.75) is 78.1 Å². The van der Waals surface area contributed by atoms with Gasteiger partial charge in [0.15, 0.2) is 11.6 Å². The summed E-state index contributed by atoms with van der Waals surface area (Å²) in [6, 6.07) is 18.2. The van der Waals surface area contributed by atoms with Crippen LogP contribution in [0.4, 0.5) is 26.2 Å². The number of ether oxygens (including phenoxy) is 1. The molecule has 3 aromatic heterocycles. The fourth-order valence-corrected chi connectivity index (χ4v) is 10.3. The highest BCUT2D eigenvalue weighted by Gasteiger charge is 2.46. The minimum atomic E-state index is -1.06. The standard InChI is InChI=1S/C54H56F2N12O7/c1-32(2)67-33(3)59-50-39(55)26-36(27-42(50)67)49-40(56)29-58-54(62-49)60-44-16-14-37(28-57-44)64-22-24-66(25-23-64)47(71)9-5-8-46(70)65-20-18-63(19-21-65)30-34-10-12-35(13-11-34)31-75-43-7-4-6-38-48(43)53(74)68(52(38)73)41-15-17-45(69)61-51(41)72/h4,6-7,10-14,16,26-29,32,41H,5,8-9,15,17-25,30-31H2,1-3H3,(H,61,69,72)(H,57,58,60,62). The summed E-state index contributed by atoms with van der Waals surface area (Å²) < 4.78 is 38.2. The Morgan fingerprint density at radius 2 is 1.51 bits per heavy atom. The number of nitrogens with zero attached hydrogens (tertiary/aromatic N) is 10. The molecule has 3 fully saturated rings. The van der Waals surface area contributed by atoms with Gasteiger partial charge in [0, 0.05) is 89.8 Å². The molecule has 75 heavy (non-hydrogen) atoms. The average Bonchev–Trinajstić information content (AvgIpc) is 3.90. The first-order valence-electron chi connectivity index (χ1n) is 25.2. The molecule has 4 aliphatic heterocycles. The Morgan fingerprint density at radius 1 is 0.800 bits per heavy atom. The number of carbonyl (C=O) groups excluding carboxylic acids is 6. The maximum absolute atomic E-state index is 15.2. The predicted molar refractivity (Wildman–Crippen MR) is 272 cm³/mol. The Kier molecular flexibility index (Phi) is 14.3. The lowest BCUT2D eigenvalue weighted by atomic mass is 10.0. The SMILES string of the molecule is Cc1nc2c(F)cc(-c3nc(Nc4ccc(N5CCN(C(=O)CCCC(=O)N6CCN(Cc7ccc(COc8cccc9c8C(=O)N(C8CCC(=O)NC8=O)C9=O)cc7)CC6)CC5)cn4)ncc3F)cc2n1C(C)C. The van der Waals surface area contributed by atoms with Gasteiger partial charge in [0.05, 0.1) is 34.7 Å². The molecule has 3 aromatic carbocycles. The van der Waals surface area contributed by atoms with Crippen LogP contribution >= 0.6 is 0 Å². The molecule has 21 heteroatoms. The summed E-state index contributed by atoms with van der Waals surface area (Å²) in [7, 11) is 0. The van der Waals surface area contributed by atoms with Gasteiger partial charge >= 0.3 is 0 Å². The molecule has 0 spiro atoms. The number of fused-ring (bicyclic) bond motifs is 2. The molecule has 1 atom stereocenters. The molecule has 6 amide bonds. The first-order valence-corrected chi connectivity index (χ1v) is 25.2. The van der Waals surface area contributed by atoms with Crippen molar-refractivity contribution in [3.8, 4) is 17.0 Å². The van der Waals surface area contributed by atoms with Gasteiger partial charge in [-0.1, -0.05) is 30.3 Å². The molecule has 3 saturated heterocycles. The average molecular weight is 1020 g/mol. The zero-order valence-electron chi connectivity index (χ0n) is 41.9. The van der Waals surface area contributed by atoms with Crippen LogP contribution in [0.5, 0.6) is 5.75 Å². The van der Waals surface area contributed by atoms with Crippen LogP contribution in [-0.2, 0) is 32.3 Å². The van der Waals surface area contributed by atoms with E-state index in [9.17, 15) is 28.8 Å². The highest BCUT2D eigenvalue weighted by atomic mass is 19.1. The van der Waals surface area contributed by atoms with E-state index in [0.717, 1.165) is 27.9 Å². The first-order chi connectivity index (χ1) is 36.2. The minimum Gasteiger partial charge on any atom is -0.488 e. The van der Waals surface area contributed by atoms with Gasteiger partial charge in [-0.2, -0.15) is 0 Å². The van der Waals surface area contributed by atoms with E-state index >= 15 is 8.78 Å². The number of hydrogen-bond donors (Lipinski definition) is 2. The van der Waals surface area contributed by atoms with E-state index in [0.29, 0.717) is 95.3 Å². The third-order valence-electron chi connectivity index (χ3n) is 14.2. The number of halogens is 2. The second-order valence-corrected chi connectivity index (χ2v) is 19.5. The molecule has 0 radical (unpaired) electrons. The quantitative estimate of drug-likeness (QED) is 0.114. The number of carbonyl (C=O) groups is 6. The number of piperazine rings is 2. The van der Waals surface area contributed by atoms with Crippen molar-refractivity contribution in [2.24, 2.45) is 0 Å². The number of benzene rings is 3. The molecule has 19 nitrogen and oxygen atoms in total. The van der Waals surface area contributed by atoms with E-state index in [2.05, 4.69) is 40.4 Å². The summed E-state index contributed by atoms with van der Waals surface area (Å²) in [6.45, 7) is 11.5. The van der Waals surface area contributed by atoms with Crippen molar-refractivity contribution in [3.63, 3.8) is 0 Å². The molecule has 0 bridgehead atoms. The van der Waals surface area contributed by atoms with Crippen LogP contribution in [0, 0.1) is 18.6 Å². The largest absolute Gasteiger partial charge is 0.488 e. The second-order valence-electron chi connectivity index (χ2n) is 19.5. The Morgan fingerprint density at radius 3 is 2.19 bits per heavy atom. The van der Waals surface area contributed by atoms with Crippen molar-refractivity contribution in [1.29, 1.82) is 0 Å². The van der Waals surface area contributed by atoms with Gasteiger partial charge in [-0.25, -0.2) is 28.7 Å². The molecular formula is C54H56F2N12O7. The molecule has 0 aliphatic carbocycles. The van der Waals surface area contributed by atoms with E-state index in [1.54, 1.807) is 37.4 Å². The number of aromatic nitrogens is 5. The topological polar surface area (TPSA) is 208 Å². The molecule has 6 aromatic rings. The molecule has 2 N–H and O–H groups in total. The number of hydrogen-bond acceptors (Lipinski definition) is 14. The van der Waals surface area contributed by atoms with Gasteiger partial charge in [0.2, 0.25) is 29.6 Å². The van der Waals surface area contributed by atoms with Crippen LogP contribution in [0.15, 0.2) is 79.1 Å². The molecule has 1 unspecified atom stereocenters. The van der Waals surface area contributed by atoms with E-state index in [1.165, 1.54) is 12.1 Å². The van der Waals surface area contributed by atoms with E-state index in [1.807, 2.05) is 58.5 Å². The molecule has 10 rings (SSSR count). The monoisotopic (exact) mass is 1020 g/mol. The summed E-state index contributed by atoms with van der Waals surface area (Å²) in [5, 5.41) is 5.23. The first kappa shape index (κ1) is 50.3. The van der Waals surface area contributed by atoms with Gasteiger partial charge in [0.1, 0.15) is 41.3 Å². The molecule has 7 heterocycles. The number of rotatable bonds is 15. The minimum absolute atomic E-state index is 0.0149. The number of aryl methyl sites for hydroxylation is 1. The van der Waals surface area contributed by atoms with Crippen molar-refractivity contribution < 1.29 is 42.3 Å². The fourth-order valence-electron chi connectivity index (χ4n) is 10.3. The van der Waals surface area contributed by atoms with Gasteiger partial charge in [-0.3, -0.25) is 43.9 Å². The summed E-state index contributed by atoms with van der Waals surface area (Å²) in [5.41, 5.74) is 4.05. The van der Waals surface area contributed by atoms with Gasteiger partial charge in [-0.15, -0.1) is 0 Å². The summed E-state index contributed by atoms with van der Waals surface area (Å²) >= 11 is 0. The van der Waals surface area contributed by atoms with Crippen LogP contribution in [-0.4, -0.2) is 138 Å². The number of pyridine rings is 1. The van der Waals surface area contributed by atoms with E-state index < -0.39 is 41.3 Å². The van der Waals surface area contributed by atoms with E-state index in [4.69, 9.17) is 4.74 Å². The number of imide groups is 2. The summed E-state index contributed by atoms with van der Waals surface area (Å²) in [4.78, 5) is 104. The van der Waals surface area contributed by atoms with Crippen LogP contribution in [0.3, 0.4) is 0 Å². The lowest BCUT2D eigenvalue weighted by molar-refractivity contribution is -0.137. The van der Waals surface area contributed by atoms with Crippen LogP contribution in [0.25, 0.3) is 22.3 Å². The zero-order chi connectivity index (χ0) is 52.5. The number of imidazole rings is 1. The van der Waals surface area contributed by atoms with Crippen LogP contribution in [0.2, 0.25) is 0 Å². The zero-order valence-corrected chi connectivity index (χ0v) is 41.9. The molecule has 388 valence electrons. The predicted octanol–water partition coefficient (Wildman–Crippen LogP) is 5.94. The van der Waals surface area contributed by atoms with Crippen molar-refractivity contribution in [2.75, 3.05) is 62.6 Å². The number of nitrogens with one attached hydrogen (secondary N) is 2. The fraction of sp³-hybridized carbons (Fsp3) is 0.370. The Labute approximate surface area is 430 Å². The van der Waals surface area contributed by atoms with Crippen molar-refractivity contribution in [3.05, 3.63) is 119 Å².